The molecule has 1 spiro atoms. The van der Waals surface area contributed by atoms with Crippen molar-refractivity contribution >= 4 is 11.8 Å². The molecule has 21 heavy (non-hydrogen) atoms. The van der Waals surface area contributed by atoms with Gasteiger partial charge in [0.1, 0.15) is 0 Å². The minimum atomic E-state index is 0.199. The van der Waals surface area contributed by atoms with Crippen molar-refractivity contribution in [1.29, 1.82) is 0 Å². The summed E-state index contributed by atoms with van der Waals surface area (Å²) >= 11 is 0. The van der Waals surface area contributed by atoms with Crippen molar-refractivity contribution in [2.24, 2.45) is 11.3 Å². The van der Waals surface area contributed by atoms with E-state index in [4.69, 9.17) is 0 Å². The second-order valence-electron chi connectivity index (χ2n) is 7.40. The lowest BCUT2D eigenvalue weighted by molar-refractivity contribution is -0.128. The number of nitrogens with one attached hydrogen (secondary N) is 1. The summed E-state index contributed by atoms with van der Waals surface area (Å²) in [5.74, 6) is 0.932. The zero-order valence-corrected chi connectivity index (χ0v) is 13.2. The van der Waals surface area contributed by atoms with Gasteiger partial charge >= 0.3 is 0 Å². The normalized spacial score (nSPS) is 27.9. The topological polar surface area (TPSA) is 49.4 Å². The summed E-state index contributed by atoms with van der Waals surface area (Å²) in [6.45, 7) is 3.47. The van der Waals surface area contributed by atoms with Gasteiger partial charge in [0.25, 0.3) is 0 Å². The second kappa shape index (κ2) is 5.98. The predicted molar refractivity (Wildman–Crippen MR) is 81.7 cm³/mol. The van der Waals surface area contributed by atoms with Crippen LogP contribution >= 0.6 is 0 Å². The standard InChI is InChI=1S/C17H28N2O2/c1-13(20)19-11-14(5-8-16(21)18-15-6-7-15)17(12-19)9-3-2-4-10-17/h14-15H,2-12H2,1H3,(H,18,21). The zero-order chi connectivity index (χ0) is 14.9. The highest BCUT2D eigenvalue weighted by atomic mass is 16.2. The molecule has 0 aromatic heterocycles. The summed E-state index contributed by atoms with van der Waals surface area (Å²) in [7, 11) is 0. The molecular formula is C17H28N2O2. The maximum atomic E-state index is 11.9. The highest BCUT2D eigenvalue weighted by molar-refractivity contribution is 5.76. The lowest BCUT2D eigenvalue weighted by Gasteiger charge is -2.38. The summed E-state index contributed by atoms with van der Waals surface area (Å²) in [5.41, 5.74) is 0.309. The van der Waals surface area contributed by atoms with E-state index >= 15 is 0 Å². The van der Waals surface area contributed by atoms with E-state index in [0.29, 0.717) is 23.8 Å². The molecule has 2 aliphatic carbocycles. The molecule has 1 atom stereocenters. The molecule has 0 aromatic rings. The third-order valence-corrected chi connectivity index (χ3v) is 5.77. The van der Waals surface area contributed by atoms with E-state index < -0.39 is 0 Å². The lowest BCUT2D eigenvalue weighted by atomic mass is 9.66. The largest absolute Gasteiger partial charge is 0.353 e. The van der Waals surface area contributed by atoms with E-state index in [2.05, 4.69) is 5.32 Å². The molecule has 1 aliphatic heterocycles. The van der Waals surface area contributed by atoms with Crippen LogP contribution in [0.3, 0.4) is 0 Å². The lowest BCUT2D eigenvalue weighted by Crippen LogP contribution is -2.34. The van der Waals surface area contributed by atoms with E-state index in [0.717, 1.165) is 32.4 Å². The van der Waals surface area contributed by atoms with Gasteiger partial charge < -0.3 is 10.2 Å². The van der Waals surface area contributed by atoms with Gasteiger partial charge in [-0.15, -0.1) is 0 Å². The van der Waals surface area contributed by atoms with E-state index in [1.54, 1.807) is 6.92 Å². The minimum absolute atomic E-state index is 0.199. The average Bonchev–Trinajstić information content (AvgIpc) is 3.20. The number of likely N-dealkylation sites (tertiary alicyclic amines) is 1. The van der Waals surface area contributed by atoms with Gasteiger partial charge in [0.05, 0.1) is 0 Å². The van der Waals surface area contributed by atoms with Gasteiger partial charge in [-0.1, -0.05) is 19.3 Å². The molecule has 3 fully saturated rings. The fraction of sp³-hybridized carbons (Fsp3) is 0.882. The number of rotatable bonds is 4. The van der Waals surface area contributed by atoms with Gasteiger partial charge in [0.2, 0.25) is 11.8 Å². The summed E-state index contributed by atoms with van der Waals surface area (Å²) in [6.07, 6.45) is 10.3. The van der Waals surface area contributed by atoms with Crippen molar-refractivity contribution in [3.8, 4) is 0 Å². The van der Waals surface area contributed by atoms with Crippen LogP contribution in [0.15, 0.2) is 0 Å². The van der Waals surface area contributed by atoms with Crippen molar-refractivity contribution < 1.29 is 9.59 Å². The fourth-order valence-corrected chi connectivity index (χ4v) is 4.33. The second-order valence-corrected chi connectivity index (χ2v) is 7.40. The first-order valence-electron chi connectivity index (χ1n) is 8.64. The van der Waals surface area contributed by atoms with Crippen LogP contribution in [0, 0.1) is 11.3 Å². The van der Waals surface area contributed by atoms with Crippen LogP contribution in [0.25, 0.3) is 0 Å². The Hall–Kier alpha value is -1.06. The van der Waals surface area contributed by atoms with Gasteiger partial charge in [0.15, 0.2) is 0 Å². The van der Waals surface area contributed by atoms with Crippen molar-refractivity contribution in [3.63, 3.8) is 0 Å². The Kier molecular flexibility index (Phi) is 4.23. The van der Waals surface area contributed by atoms with Gasteiger partial charge in [-0.3, -0.25) is 9.59 Å². The maximum absolute atomic E-state index is 11.9. The van der Waals surface area contributed by atoms with Crippen molar-refractivity contribution in [1.82, 2.24) is 10.2 Å². The van der Waals surface area contributed by atoms with Gasteiger partial charge in [0, 0.05) is 32.5 Å². The molecule has 2 amide bonds. The van der Waals surface area contributed by atoms with Crippen LogP contribution in [0.2, 0.25) is 0 Å². The third kappa shape index (κ3) is 3.41. The summed E-state index contributed by atoms with van der Waals surface area (Å²) in [5, 5.41) is 3.08. The Bertz CT molecular complexity index is 411. The molecule has 118 valence electrons. The summed E-state index contributed by atoms with van der Waals surface area (Å²) in [4.78, 5) is 25.7. The van der Waals surface area contributed by atoms with E-state index in [9.17, 15) is 9.59 Å². The third-order valence-electron chi connectivity index (χ3n) is 5.77. The Morgan fingerprint density at radius 3 is 2.52 bits per heavy atom. The number of hydrogen-bond donors (Lipinski definition) is 1. The minimum Gasteiger partial charge on any atom is -0.353 e. The smallest absolute Gasteiger partial charge is 0.220 e. The number of carbonyl (C=O) groups excluding carboxylic acids is 2. The molecule has 1 heterocycles. The molecule has 2 saturated carbocycles. The molecule has 3 aliphatic rings. The molecule has 1 saturated heterocycles. The van der Waals surface area contributed by atoms with Gasteiger partial charge in [-0.25, -0.2) is 0 Å². The predicted octanol–water partition coefficient (Wildman–Crippen LogP) is 2.47. The Morgan fingerprint density at radius 1 is 1.19 bits per heavy atom. The molecule has 4 nitrogen and oxygen atoms in total. The van der Waals surface area contributed by atoms with Crippen LogP contribution in [0.4, 0.5) is 0 Å². The Morgan fingerprint density at radius 2 is 1.90 bits per heavy atom. The quantitative estimate of drug-likeness (QED) is 0.865. The van der Waals surface area contributed by atoms with Crippen molar-refractivity contribution in [2.45, 2.75) is 70.8 Å². The van der Waals surface area contributed by atoms with Crippen LogP contribution < -0.4 is 5.32 Å². The van der Waals surface area contributed by atoms with E-state index in [1.165, 1.54) is 32.1 Å². The summed E-state index contributed by atoms with van der Waals surface area (Å²) in [6, 6.07) is 0.457. The van der Waals surface area contributed by atoms with E-state index in [-0.39, 0.29) is 11.8 Å². The Labute approximate surface area is 127 Å². The molecular weight excluding hydrogens is 264 g/mol. The highest BCUT2D eigenvalue weighted by Gasteiger charge is 2.47. The first kappa shape index (κ1) is 14.9. The molecule has 0 radical (unpaired) electrons. The number of amides is 2. The fourth-order valence-electron chi connectivity index (χ4n) is 4.33. The van der Waals surface area contributed by atoms with Crippen LogP contribution in [-0.4, -0.2) is 35.8 Å². The van der Waals surface area contributed by atoms with E-state index in [1.807, 2.05) is 4.90 Å². The molecule has 3 rings (SSSR count). The van der Waals surface area contributed by atoms with Crippen LogP contribution in [0.5, 0.6) is 0 Å². The van der Waals surface area contributed by atoms with Crippen LogP contribution in [-0.2, 0) is 9.59 Å². The first-order valence-corrected chi connectivity index (χ1v) is 8.64. The highest BCUT2D eigenvalue weighted by Crippen LogP contribution is 2.49. The average molecular weight is 292 g/mol. The van der Waals surface area contributed by atoms with Gasteiger partial charge in [-0.2, -0.15) is 0 Å². The molecule has 0 bridgehead atoms. The van der Waals surface area contributed by atoms with Crippen molar-refractivity contribution in [3.05, 3.63) is 0 Å². The Balaban J connectivity index is 1.59. The van der Waals surface area contributed by atoms with Crippen LogP contribution in [0.1, 0.15) is 64.7 Å². The number of nitrogens with zero attached hydrogens (tertiary/aromatic N) is 1. The SMILES string of the molecule is CC(=O)N1CC(CCC(=O)NC2CC2)C2(CCCCC2)C1. The monoisotopic (exact) mass is 292 g/mol. The zero-order valence-electron chi connectivity index (χ0n) is 13.2. The maximum Gasteiger partial charge on any atom is 0.220 e. The first-order chi connectivity index (χ1) is 10.1. The number of hydrogen-bond acceptors (Lipinski definition) is 2. The molecule has 1 N–H and O–H groups in total. The van der Waals surface area contributed by atoms with Crippen molar-refractivity contribution in [2.75, 3.05) is 13.1 Å². The summed E-state index contributed by atoms with van der Waals surface area (Å²) < 4.78 is 0. The molecule has 4 heteroatoms. The molecule has 0 aromatic carbocycles. The number of carbonyl (C=O) groups is 2. The molecule has 1 unspecified atom stereocenters. The van der Waals surface area contributed by atoms with Gasteiger partial charge in [-0.05, 0) is 43.4 Å².